The van der Waals surface area contributed by atoms with E-state index in [-0.39, 0.29) is 11.9 Å². The van der Waals surface area contributed by atoms with Crippen molar-refractivity contribution in [3.63, 3.8) is 0 Å². The number of carbonyl (C=O) groups is 1. The quantitative estimate of drug-likeness (QED) is 0.675. The molecule has 1 saturated heterocycles. The van der Waals surface area contributed by atoms with E-state index >= 15 is 0 Å². The SMILES string of the molecule is Cc1ccccc1C(=O)N[C@H](c1ccccn1)C1CCN(Cc2ccncc2)CC1. The molecule has 2 aromatic heterocycles. The Hall–Kier alpha value is -3.05. The molecule has 4 rings (SSSR count). The van der Waals surface area contributed by atoms with Crippen molar-refractivity contribution in [1.29, 1.82) is 0 Å². The van der Waals surface area contributed by atoms with E-state index in [1.54, 1.807) is 6.20 Å². The van der Waals surface area contributed by atoms with Gasteiger partial charge in [0.2, 0.25) is 0 Å². The van der Waals surface area contributed by atoms with Crippen molar-refractivity contribution in [3.8, 4) is 0 Å². The zero-order valence-corrected chi connectivity index (χ0v) is 17.4. The molecule has 3 aromatic rings. The fourth-order valence-electron chi connectivity index (χ4n) is 4.23. The molecule has 1 aliphatic heterocycles. The summed E-state index contributed by atoms with van der Waals surface area (Å²) in [6, 6.07) is 17.7. The highest BCUT2D eigenvalue weighted by Crippen LogP contribution is 2.31. The number of likely N-dealkylation sites (tertiary alicyclic amines) is 1. The molecule has 1 N–H and O–H groups in total. The maximum absolute atomic E-state index is 13.0. The minimum absolute atomic E-state index is 0.0250. The van der Waals surface area contributed by atoms with Crippen LogP contribution in [0.4, 0.5) is 0 Å². The molecule has 1 aromatic carbocycles. The van der Waals surface area contributed by atoms with Gasteiger partial charge in [-0.05, 0) is 80.2 Å². The van der Waals surface area contributed by atoms with Gasteiger partial charge in [-0.1, -0.05) is 24.3 Å². The lowest BCUT2D eigenvalue weighted by atomic mass is 9.86. The lowest BCUT2D eigenvalue weighted by molar-refractivity contribution is 0.0887. The topological polar surface area (TPSA) is 58.1 Å². The van der Waals surface area contributed by atoms with Gasteiger partial charge < -0.3 is 5.32 Å². The molecule has 0 unspecified atom stereocenters. The van der Waals surface area contributed by atoms with E-state index in [0.29, 0.717) is 5.92 Å². The third-order valence-corrected chi connectivity index (χ3v) is 5.94. The van der Waals surface area contributed by atoms with Crippen LogP contribution in [0.25, 0.3) is 0 Å². The molecule has 5 heteroatoms. The van der Waals surface area contributed by atoms with E-state index < -0.39 is 0 Å². The van der Waals surface area contributed by atoms with Crippen LogP contribution in [0, 0.1) is 12.8 Å². The van der Waals surface area contributed by atoms with Crippen LogP contribution in [0.3, 0.4) is 0 Å². The van der Waals surface area contributed by atoms with E-state index in [1.807, 2.05) is 61.8 Å². The van der Waals surface area contributed by atoms with Gasteiger partial charge in [-0.3, -0.25) is 19.7 Å². The highest BCUT2D eigenvalue weighted by Gasteiger charge is 2.30. The summed E-state index contributed by atoms with van der Waals surface area (Å²) in [5, 5.41) is 3.30. The second kappa shape index (κ2) is 9.63. The van der Waals surface area contributed by atoms with E-state index in [0.717, 1.165) is 49.3 Å². The molecule has 0 aliphatic carbocycles. The second-order valence-corrected chi connectivity index (χ2v) is 7.99. The first-order valence-corrected chi connectivity index (χ1v) is 10.6. The van der Waals surface area contributed by atoms with Gasteiger partial charge in [0.1, 0.15) is 0 Å². The Morgan fingerprint density at radius 3 is 2.47 bits per heavy atom. The summed E-state index contributed by atoms with van der Waals surface area (Å²) in [6.07, 6.45) is 7.56. The molecule has 0 radical (unpaired) electrons. The van der Waals surface area contributed by atoms with Crippen LogP contribution in [0.1, 0.15) is 46.1 Å². The molecule has 0 spiro atoms. The van der Waals surface area contributed by atoms with Gasteiger partial charge in [0.15, 0.2) is 0 Å². The molecule has 1 aliphatic rings. The van der Waals surface area contributed by atoms with Crippen LogP contribution in [0.2, 0.25) is 0 Å². The number of rotatable bonds is 6. The van der Waals surface area contributed by atoms with Crippen molar-refractivity contribution < 1.29 is 4.79 Å². The number of hydrogen-bond acceptors (Lipinski definition) is 4. The Balaban J connectivity index is 1.46. The molecule has 30 heavy (non-hydrogen) atoms. The molecule has 1 amide bonds. The molecule has 154 valence electrons. The number of amides is 1. The fraction of sp³-hybridized carbons (Fsp3) is 0.320. The monoisotopic (exact) mass is 400 g/mol. The molecule has 1 fully saturated rings. The predicted molar refractivity (Wildman–Crippen MR) is 118 cm³/mol. The van der Waals surface area contributed by atoms with E-state index in [1.165, 1.54) is 5.56 Å². The average Bonchev–Trinajstić information content (AvgIpc) is 2.79. The highest BCUT2D eigenvalue weighted by atomic mass is 16.1. The van der Waals surface area contributed by atoms with Crippen molar-refractivity contribution >= 4 is 5.91 Å². The Bertz CT molecular complexity index is 953. The van der Waals surface area contributed by atoms with Crippen molar-refractivity contribution in [3.05, 3.63) is 95.6 Å². The van der Waals surface area contributed by atoms with Crippen molar-refractivity contribution in [2.45, 2.75) is 32.4 Å². The third kappa shape index (κ3) is 4.92. The van der Waals surface area contributed by atoms with Crippen LogP contribution < -0.4 is 5.32 Å². The third-order valence-electron chi connectivity index (χ3n) is 5.94. The number of aromatic nitrogens is 2. The number of nitrogens with one attached hydrogen (secondary N) is 1. The van der Waals surface area contributed by atoms with Crippen molar-refractivity contribution in [2.24, 2.45) is 5.92 Å². The fourth-order valence-corrected chi connectivity index (χ4v) is 4.23. The van der Waals surface area contributed by atoms with Gasteiger partial charge in [0.25, 0.3) is 5.91 Å². The first kappa shape index (κ1) is 20.2. The standard InChI is InChI=1S/C25H28N4O/c1-19-6-2-3-7-22(19)25(30)28-24(23-8-4-5-13-27-23)21-11-16-29(17-12-21)18-20-9-14-26-15-10-20/h2-10,13-15,21,24H,11-12,16-18H2,1H3,(H,28,30)/t24-/m0/s1. The number of nitrogens with zero attached hydrogens (tertiary/aromatic N) is 3. The Morgan fingerprint density at radius 2 is 1.77 bits per heavy atom. The van der Waals surface area contributed by atoms with Gasteiger partial charge >= 0.3 is 0 Å². The largest absolute Gasteiger partial charge is 0.343 e. The minimum atomic E-state index is -0.0821. The summed E-state index contributed by atoms with van der Waals surface area (Å²) >= 11 is 0. The van der Waals surface area contributed by atoms with Gasteiger partial charge in [0, 0.05) is 30.7 Å². The minimum Gasteiger partial charge on any atom is -0.343 e. The summed E-state index contributed by atoms with van der Waals surface area (Å²) in [4.78, 5) is 24.2. The van der Waals surface area contributed by atoms with Crippen molar-refractivity contribution in [1.82, 2.24) is 20.2 Å². The summed E-state index contributed by atoms with van der Waals surface area (Å²) in [7, 11) is 0. The average molecular weight is 401 g/mol. The van der Waals surface area contributed by atoms with Gasteiger partial charge in [-0.25, -0.2) is 0 Å². The van der Waals surface area contributed by atoms with Crippen LogP contribution in [-0.4, -0.2) is 33.9 Å². The normalized spacial score (nSPS) is 16.2. The summed E-state index contributed by atoms with van der Waals surface area (Å²) in [5.74, 6) is 0.338. The van der Waals surface area contributed by atoms with Gasteiger partial charge in [-0.15, -0.1) is 0 Å². The number of benzene rings is 1. The lowest BCUT2D eigenvalue weighted by Crippen LogP contribution is -2.41. The lowest BCUT2D eigenvalue weighted by Gasteiger charge is -2.36. The predicted octanol–water partition coefficient (Wildman–Crippen LogP) is 4.17. The highest BCUT2D eigenvalue weighted by molar-refractivity contribution is 5.95. The molecule has 0 bridgehead atoms. The van der Waals surface area contributed by atoms with Gasteiger partial charge in [0.05, 0.1) is 11.7 Å². The van der Waals surface area contributed by atoms with E-state index in [9.17, 15) is 4.79 Å². The molecular formula is C25H28N4O. The number of pyridine rings is 2. The Morgan fingerprint density at radius 1 is 1.03 bits per heavy atom. The maximum Gasteiger partial charge on any atom is 0.252 e. The second-order valence-electron chi connectivity index (χ2n) is 7.99. The summed E-state index contributed by atoms with van der Waals surface area (Å²) < 4.78 is 0. The molecule has 3 heterocycles. The molecule has 5 nitrogen and oxygen atoms in total. The van der Waals surface area contributed by atoms with E-state index in [2.05, 4.69) is 32.3 Å². The first-order chi connectivity index (χ1) is 14.7. The first-order valence-electron chi connectivity index (χ1n) is 10.6. The van der Waals surface area contributed by atoms with Crippen molar-refractivity contribution in [2.75, 3.05) is 13.1 Å². The Kier molecular flexibility index (Phi) is 6.50. The number of aryl methyl sites for hydroxylation is 1. The van der Waals surface area contributed by atoms with Crippen LogP contribution in [-0.2, 0) is 6.54 Å². The molecular weight excluding hydrogens is 372 g/mol. The molecule has 0 saturated carbocycles. The number of carbonyl (C=O) groups excluding carboxylic acids is 1. The van der Waals surface area contributed by atoms with Crippen LogP contribution in [0.15, 0.2) is 73.2 Å². The van der Waals surface area contributed by atoms with Crippen LogP contribution in [0.5, 0.6) is 0 Å². The summed E-state index contributed by atoms with van der Waals surface area (Å²) in [5.41, 5.74) is 3.94. The zero-order chi connectivity index (χ0) is 20.8. The van der Waals surface area contributed by atoms with Crippen LogP contribution >= 0.6 is 0 Å². The maximum atomic E-state index is 13.0. The van der Waals surface area contributed by atoms with E-state index in [4.69, 9.17) is 0 Å². The smallest absolute Gasteiger partial charge is 0.252 e. The van der Waals surface area contributed by atoms with Gasteiger partial charge in [-0.2, -0.15) is 0 Å². The molecule has 1 atom stereocenters. The zero-order valence-electron chi connectivity index (χ0n) is 17.4. The summed E-state index contributed by atoms with van der Waals surface area (Å²) in [6.45, 7) is 4.94. The number of hydrogen-bond donors (Lipinski definition) is 1. The Labute approximate surface area is 178 Å². The number of piperidine rings is 1.